The molecule has 1 aliphatic heterocycles. The first-order valence-electron chi connectivity index (χ1n) is 10.9. The molecule has 34 heavy (non-hydrogen) atoms. The van der Waals surface area contributed by atoms with E-state index in [4.69, 9.17) is 9.47 Å². The molecule has 0 radical (unpaired) electrons. The van der Waals surface area contributed by atoms with Crippen LogP contribution in [0.25, 0.3) is 0 Å². The highest BCUT2D eigenvalue weighted by atomic mass is 32.2. The summed E-state index contributed by atoms with van der Waals surface area (Å²) in [5.74, 6) is 1.59. The second-order valence-corrected chi connectivity index (χ2v) is 10.1. The molecule has 4 rings (SSSR count). The van der Waals surface area contributed by atoms with Gasteiger partial charge in [-0.15, -0.1) is 10.2 Å². The molecular formula is C24H26N4O4S2. The van der Waals surface area contributed by atoms with Gasteiger partial charge in [-0.05, 0) is 54.1 Å². The maximum Gasteiger partial charge on any atom is 0.231 e. The Labute approximate surface area is 206 Å². The molecule has 3 aromatic rings. The van der Waals surface area contributed by atoms with Crippen molar-refractivity contribution in [3.63, 3.8) is 0 Å². The highest BCUT2D eigenvalue weighted by molar-refractivity contribution is 8.01. The van der Waals surface area contributed by atoms with Gasteiger partial charge in [0.25, 0.3) is 0 Å². The van der Waals surface area contributed by atoms with Crippen LogP contribution in [0, 0.1) is 5.92 Å². The molecule has 1 N–H and O–H groups in total. The number of anilines is 2. The minimum absolute atomic E-state index is 0.0346. The number of hydrogen-bond donors (Lipinski definition) is 1. The monoisotopic (exact) mass is 498 g/mol. The predicted molar refractivity (Wildman–Crippen MR) is 134 cm³/mol. The van der Waals surface area contributed by atoms with Crippen molar-refractivity contribution in [1.29, 1.82) is 0 Å². The summed E-state index contributed by atoms with van der Waals surface area (Å²) in [6, 6.07) is 14.3. The summed E-state index contributed by atoms with van der Waals surface area (Å²) in [6.07, 6.45) is 0.702. The number of amides is 2. The average Bonchev–Trinajstić information content (AvgIpc) is 3.31. The van der Waals surface area contributed by atoms with Crippen LogP contribution in [-0.2, 0) is 9.59 Å². The number of methoxy groups -OCH3 is 2. The minimum atomic E-state index is -0.488. The fraction of sp³-hybridized carbons (Fsp3) is 0.333. The topological polar surface area (TPSA) is 93.7 Å². The van der Waals surface area contributed by atoms with Gasteiger partial charge in [-0.25, -0.2) is 0 Å². The zero-order valence-corrected chi connectivity index (χ0v) is 20.8. The van der Waals surface area contributed by atoms with Gasteiger partial charge >= 0.3 is 0 Å². The zero-order valence-electron chi connectivity index (χ0n) is 19.2. The molecule has 0 aliphatic carbocycles. The lowest BCUT2D eigenvalue weighted by atomic mass is 9.83. The normalized spacial score (nSPS) is 18.0. The van der Waals surface area contributed by atoms with Gasteiger partial charge in [-0.3, -0.25) is 9.59 Å². The Morgan fingerprint density at radius 1 is 1.09 bits per heavy atom. The van der Waals surface area contributed by atoms with E-state index in [2.05, 4.69) is 15.5 Å². The van der Waals surface area contributed by atoms with Crippen LogP contribution in [0.15, 0.2) is 52.9 Å². The van der Waals surface area contributed by atoms with Gasteiger partial charge in [-0.2, -0.15) is 0 Å². The van der Waals surface area contributed by atoms with E-state index in [0.29, 0.717) is 28.7 Å². The Balaban J connectivity index is 1.69. The van der Waals surface area contributed by atoms with Crippen LogP contribution >= 0.6 is 23.1 Å². The number of hydrogen-bond acceptors (Lipinski definition) is 8. The number of carbonyl (C=O) groups is 2. The number of benzene rings is 2. The highest BCUT2D eigenvalue weighted by Gasteiger charge is 2.41. The van der Waals surface area contributed by atoms with Crippen LogP contribution in [0.5, 0.6) is 11.5 Å². The molecule has 1 aromatic heterocycles. The minimum Gasteiger partial charge on any atom is -0.497 e. The average molecular weight is 499 g/mol. The van der Waals surface area contributed by atoms with Gasteiger partial charge < -0.3 is 19.7 Å². The molecule has 1 fully saturated rings. The molecule has 1 aliphatic rings. The van der Waals surface area contributed by atoms with E-state index in [1.54, 1.807) is 30.9 Å². The predicted octanol–water partition coefficient (Wildman–Crippen LogP) is 4.79. The Hall–Kier alpha value is -3.11. The van der Waals surface area contributed by atoms with E-state index < -0.39 is 12.0 Å². The fourth-order valence-electron chi connectivity index (χ4n) is 4.04. The third-order valence-electron chi connectivity index (χ3n) is 5.65. The first-order chi connectivity index (χ1) is 16.5. The molecule has 10 heteroatoms. The summed E-state index contributed by atoms with van der Waals surface area (Å²) < 4.78 is 11.4. The van der Waals surface area contributed by atoms with E-state index in [0.717, 1.165) is 15.7 Å². The number of thioether (sulfide) groups is 1. The molecule has 0 spiro atoms. The lowest BCUT2D eigenvalue weighted by Gasteiger charge is -2.40. The van der Waals surface area contributed by atoms with Gasteiger partial charge in [-0.1, -0.05) is 42.2 Å². The van der Waals surface area contributed by atoms with Crippen molar-refractivity contribution in [3.05, 3.63) is 54.1 Å². The quantitative estimate of drug-likeness (QED) is 0.352. The summed E-state index contributed by atoms with van der Waals surface area (Å²) in [6.45, 7) is 2.04. The zero-order chi connectivity index (χ0) is 24.1. The van der Waals surface area contributed by atoms with Crippen LogP contribution in [-0.4, -0.2) is 42.0 Å². The molecule has 2 aromatic carbocycles. The van der Waals surface area contributed by atoms with Crippen LogP contribution in [0.4, 0.5) is 10.8 Å². The van der Waals surface area contributed by atoms with Crippen LogP contribution in [0.3, 0.4) is 0 Å². The molecule has 0 bridgehead atoms. The van der Waals surface area contributed by atoms with Gasteiger partial charge in [0.15, 0.2) is 4.34 Å². The summed E-state index contributed by atoms with van der Waals surface area (Å²) in [5.41, 5.74) is 1.56. The highest BCUT2D eigenvalue weighted by Crippen LogP contribution is 2.41. The summed E-state index contributed by atoms with van der Waals surface area (Å²) >= 11 is 2.93. The molecule has 178 valence electrons. The molecular weight excluding hydrogens is 472 g/mol. The molecule has 2 amide bonds. The Bertz CT molecular complexity index is 1130. The lowest BCUT2D eigenvalue weighted by molar-refractivity contribution is -0.125. The SMILES string of the molecule is CCSc1nnc(NC(=O)[C@H]2CCC(=O)N(c3ccc(OC)cc3)[C@H]2c2ccc(OC)cc2)s1. The van der Waals surface area contributed by atoms with Crippen molar-refractivity contribution < 1.29 is 19.1 Å². The van der Waals surface area contributed by atoms with E-state index in [1.165, 1.54) is 11.3 Å². The summed E-state index contributed by atoms with van der Waals surface area (Å²) in [7, 11) is 3.20. The van der Waals surface area contributed by atoms with E-state index in [-0.39, 0.29) is 18.2 Å². The van der Waals surface area contributed by atoms with Gasteiger partial charge in [0.2, 0.25) is 16.9 Å². The Morgan fingerprint density at radius 2 is 1.74 bits per heavy atom. The van der Waals surface area contributed by atoms with Crippen molar-refractivity contribution >= 4 is 45.7 Å². The van der Waals surface area contributed by atoms with Crippen LogP contribution < -0.4 is 19.7 Å². The first-order valence-corrected chi connectivity index (χ1v) is 12.7. The van der Waals surface area contributed by atoms with E-state index >= 15 is 0 Å². The lowest BCUT2D eigenvalue weighted by Crippen LogP contribution is -2.46. The molecule has 0 unspecified atom stereocenters. The van der Waals surface area contributed by atoms with E-state index in [1.807, 2.05) is 55.5 Å². The molecule has 1 saturated heterocycles. The number of ether oxygens (including phenoxy) is 2. The maximum atomic E-state index is 13.5. The van der Waals surface area contributed by atoms with Gasteiger partial charge in [0.1, 0.15) is 11.5 Å². The summed E-state index contributed by atoms with van der Waals surface area (Å²) in [5, 5.41) is 11.6. The fourth-order valence-corrected chi connectivity index (χ4v) is 5.69. The summed E-state index contributed by atoms with van der Waals surface area (Å²) in [4.78, 5) is 28.4. The third-order valence-corrected chi connectivity index (χ3v) is 7.50. The van der Waals surface area contributed by atoms with Gasteiger partial charge in [0.05, 0.1) is 26.2 Å². The number of piperidine rings is 1. The second-order valence-electron chi connectivity index (χ2n) is 7.62. The van der Waals surface area contributed by atoms with Gasteiger partial charge in [0, 0.05) is 12.1 Å². The molecule has 0 saturated carbocycles. The van der Waals surface area contributed by atoms with E-state index in [9.17, 15) is 9.59 Å². The number of aromatic nitrogens is 2. The van der Waals surface area contributed by atoms with Crippen molar-refractivity contribution in [2.75, 3.05) is 30.2 Å². The number of carbonyl (C=O) groups excluding carboxylic acids is 2. The Kier molecular flexibility index (Phi) is 7.69. The van der Waals surface area contributed by atoms with Crippen molar-refractivity contribution in [1.82, 2.24) is 10.2 Å². The van der Waals surface area contributed by atoms with Crippen molar-refractivity contribution in [2.45, 2.75) is 30.1 Å². The second kappa shape index (κ2) is 10.9. The van der Waals surface area contributed by atoms with Crippen LogP contribution in [0.2, 0.25) is 0 Å². The maximum absolute atomic E-state index is 13.5. The third kappa shape index (κ3) is 5.18. The standard InChI is InChI=1S/C24H26N4O4S2/c1-4-33-24-27-26-23(34-24)25-22(30)19-13-14-20(29)28(16-7-11-18(32-3)12-8-16)21(19)15-5-9-17(31-2)10-6-15/h5-12,19,21H,4,13-14H2,1-3H3,(H,25,26,30)/t19-,21-/m0/s1. The van der Waals surface area contributed by atoms with Crippen molar-refractivity contribution in [2.24, 2.45) is 5.92 Å². The molecule has 2 atom stereocenters. The molecule has 8 nitrogen and oxygen atoms in total. The smallest absolute Gasteiger partial charge is 0.231 e. The Morgan fingerprint density at radius 3 is 2.35 bits per heavy atom. The van der Waals surface area contributed by atoms with Crippen LogP contribution in [0.1, 0.15) is 31.4 Å². The number of rotatable bonds is 8. The largest absolute Gasteiger partial charge is 0.497 e. The number of nitrogens with zero attached hydrogens (tertiary/aromatic N) is 3. The first kappa shape index (κ1) is 24.0. The molecule has 2 heterocycles. The van der Waals surface area contributed by atoms with Crippen molar-refractivity contribution in [3.8, 4) is 11.5 Å². The number of nitrogens with one attached hydrogen (secondary N) is 1.